The van der Waals surface area contributed by atoms with Gasteiger partial charge in [0.05, 0.1) is 35.3 Å². The molecule has 0 saturated carbocycles. The minimum Gasteiger partial charge on any atom is -0.494 e. The molecule has 3 aromatic carbocycles. The van der Waals surface area contributed by atoms with Crippen molar-refractivity contribution in [3.8, 4) is 22.6 Å². The third kappa shape index (κ3) is 7.99. The molecule has 0 spiro atoms. The van der Waals surface area contributed by atoms with Gasteiger partial charge in [-0.05, 0) is 73.0 Å². The number of carbonyl (C=O) groups is 2. The molecular formula is C33H33ClN2O6S2. The molecule has 0 aromatic heterocycles. The molecule has 2 aliphatic rings. The van der Waals surface area contributed by atoms with Crippen molar-refractivity contribution in [3.63, 3.8) is 0 Å². The first kappa shape index (κ1) is 32.0. The van der Waals surface area contributed by atoms with E-state index >= 15 is 0 Å². The summed E-state index contributed by atoms with van der Waals surface area (Å²) in [5.41, 5.74) is 3.61. The highest BCUT2D eigenvalue weighted by atomic mass is 35.5. The third-order valence-corrected chi connectivity index (χ3v) is 9.02. The van der Waals surface area contributed by atoms with Crippen LogP contribution in [0.5, 0.6) is 11.5 Å². The number of thiocarbonyl (C=S) groups is 1. The van der Waals surface area contributed by atoms with Gasteiger partial charge in [-0.2, -0.15) is 0 Å². The number of hydrogen-bond acceptors (Lipinski definition) is 8. The van der Waals surface area contributed by atoms with Crippen LogP contribution in [0.15, 0.2) is 65.6 Å². The van der Waals surface area contributed by atoms with E-state index in [-0.39, 0.29) is 11.5 Å². The Hall–Kier alpha value is -3.41. The molecule has 3 aromatic rings. The highest BCUT2D eigenvalue weighted by molar-refractivity contribution is 8.26. The number of carboxylic acid groups (broad SMARTS) is 1. The second-order valence-electron chi connectivity index (χ2n) is 10.2. The number of carbonyl (C=O) groups excluding carboxylic acids is 1. The van der Waals surface area contributed by atoms with Gasteiger partial charge in [-0.3, -0.25) is 14.6 Å². The minimum atomic E-state index is -0.975. The lowest BCUT2D eigenvalue weighted by atomic mass is 10.0. The Balaban J connectivity index is 1.37. The van der Waals surface area contributed by atoms with Gasteiger partial charge in [-0.15, -0.1) is 0 Å². The van der Waals surface area contributed by atoms with Crippen LogP contribution < -0.4 is 9.47 Å². The van der Waals surface area contributed by atoms with Gasteiger partial charge in [0.1, 0.15) is 22.4 Å². The van der Waals surface area contributed by atoms with Crippen LogP contribution in [0.1, 0.15) is 28.4 Å². The number of thioether (sulfide) groups is 1. The van der Waals surface area contributed by atoms with Gasteiger partial charge in [-0.1, -0.05) is 53.8 Å². The van der Waals surface area contributed by atoms with Crippen LogP contribution in [0, 0.1) is 0 Å². The fourth-order valence-corrected chi connectivity index (χ4v) is 6.52. The predicted octanol–water partition coefficient (Wildman–Crippen LogP) is 6.26. The number of nitrogens with zero attached hydrogens (tertiary/aromatic N) is 2. The smallest absolute Gasteiger partial charge is 0.335 e. The molecule has 0 unspecified atom stereocenters. The van der Waals surface area contributed by atoms with Crippen LogP contribution >= 0.6 is 35.6 Å². The maximum atomic E-state index is 13.5. The van der Waals surface area contributed by atoms with Crippen molar-refractivity contribution in [1.82, 2.24) is 9.80 Å². The SMILES string of the molecule is CCOc1ccc(-c2ccc(OCCN3CCOCC3)c(/C=C3\SC(=S)N(CCc4ccc(C(=O)O)cc4)C3=O)c2)c(Cl)c1. The van der Waals surface area contributed by atoms with E-state index < -0.39 is 5.97 Å². The lowest BCUT2D eigenvalue weighted by Crippen LogP contribution is -2.38. The molecule has 1 N–H and O–H groups in total. The highest BCUT2D eigenvalue weighted by Gasteiger charge is 2.32. The second kappa shape index (κ2) is 15.0. The van der Waals surface area contributed by atoms with E-state index in [0.29, 0.717) is 51.9 Å². The number of ether oxygens (including phenoxy) is 3. The zero-order valence-electron chi connectivity index (χ0n) is 24.3. The molecule has 230 valence electrons. The normalized spacial score (nSPS) is 16.5. The summed E-state index contributed by atoms with van der Waals surface area (Å²) in [6.45, 7) is 7.31. The van der Waals surface area contributed by atoms with Crippen LogP contribution in [0.2, 0.25) is 5.02 Å². The Kier molecular flexibility index (Phi) is 10.9. The van der Waals surface area contributed by atoms with E-state index in [1.54, 1.807) is 35.2 Å². The average Bonchev–Trinajstić information content (AvgIpc) is 3.29. The van der Waals surface area contributed by atoms with E-state index in [1.165, 1.54) is 11.8 Å². The first-order chi connectivity index (χ1) is 21.3. The summed E-state index contributed by atoms with van der Waals surface area (Å²) in [6.07, 6.45) is 2.37. The molecule has 2 heterocycles. The number of halogens is 1. The number of amides is 1. The quantitative estimate of drug-likeness (QED) is 0.180. The van der Waals surface area contributed by atoms with Gasteiger partial charge in [-0.25, -0.2) is 4.79 Å². The van der Waals surface area contributed by atoms with Crippen LogP contribution in [-0.4, -0.2) is 83.7 Å². The molecule has 2 aliphatic heterocycles. The van der Waals surface area contributed by atoms with Gasteiger partial charge < -0.3 is 19.3 Å². The van der Waals surface area contributed by atoms with Crippen molar-refractivity contribution in [2.45, 2.75) is 13.3 Å². The zero-order valence-corrected chi connectivity index (χ0v) is 26.7. The van der Waals surface area contributed by atoms with Crippen LogP contribution in [0.3, 0.4) is 0 Å². The number of hydrogen-bond donors (Lipinski definition) is 1. The van der Waals surface area contributed by atoms with Crippen LogP contribution in [0.4, 0.5) is 0 Å². The van der Waals surface area contributed by atoms with E-state index in [9.17, 15) is 9.59 Å². The average molecular weight is 653 g/mol. The van der Waals surface area contributed by atoms with Crippen LogP contribution in [-0.2, 0) is 16.0 Å². The molecule has 0 aliphatic carbocycles. The fourth-order valence-electron chi connectivity index (χ4n) is 4.95. The highest BCUT2D eigenvalue weighted by Crippen LogP contribution is 2.38. The van der Waals surface area contributed by atoms with E-state index in [0.717, 1.165) is 55.1 Å². The van der Waals surface area contributed by atoms with Gasteiger partial charge >= 0.3 is 5.97 Å². The summed E-state index contributed by atoms with van der Waals surface area (Å²) in [6, 6.07) is 18.1. The molecule has 2 saturated heterocycles. The van der Waals surface area contributed by atoms with Crippen molar-refractivity contribution >= 4 is 57.9 Å². The minimum absolute atomic E-state index is 0.175. The molecule has 0 bridgehead atoms. The summed E-state index contributed by atoms with van der Waals surface area (Å²) >= 11 is 13.5. The fraction of sp³-hybridized carbons (Fsp3) is 0.303. The Morgan fingerprint density at radius 3 is 2.55 bits per heavy atom. The first-order valence-corrected chi connectivity index (χ1v) is 16.0. The van der Waals surface area contributed by atoms with E-state index in [4.69, 9.17) is 43.1 Å². The standard InChI is InChI=1S/C33H33ClN2O6S2/c1-2-41-26-8-9-27(28(34)21-26)24-7-10-29(42-18-15-35-13-16-40-17-14-35)25(19-24)20-30-31(37)36(33(43)44-30)12-11-22-3-5-23(6-4-22)32(38)39/h3-10,19-21H,2,11-18H2,1H3,(H,38,39)/b30-20-. The molecule has 8 nitrogen and oxygen atoms in total. The number of rotatable bonds is 12. The molecule has 5 rings (SSSR count). The van der Waals surface area contributed by atoms with Gasteiger partial charge in [0.15, 0.2) is 0 Å². The predicted molar refractivity (Wildman–Crippen MR) is 178 cm³/mol. The van der Waals surface area contributed by atoms with E-state index in [1.807, 2.05) is 43.3 Å². The molecule has 2 fully saturated rings. The maximum absolute atomic E-state index is 13.5. The number of benzene rings is 3. The molecule has 0 radical (unpaired) electrons. The Labute approximate surface area is 271 Å². The molecule has 1 amide bonds. The lowest BCUT2D eigenvalue weighted by molar-refractivity contribution is -0.122. The molecule has 44 heavy (non-hydrogen) atoms. The van der Waals surface area contributed by atoms with Crippen molar-refractivity contribution in [2.24, 2.45) is 0 Å². The zero-order chi connectivity index (χ0) is 31.1. The maximum Gasteiger partial charge on any atom is 0.335 e. The Morgan fingerprint density at radius 1 is 1.07 bits per heavy atom. The van der Waals surface area contributed by atoms with Crippen molar-refractivity contribution in [1.29, 1.82) is 0 Å². The topological polar surface area (TPSA) is 88.5 Å². The van der Waals surface area contributed by atoms with Crippen LogP contribution in [0.25, 0.3) is 17.2 Å². The number of aromatic carboxylic acids is 1. The lowest BCUT2D eigenvalue weighted by Gasteiger charge is -2.26. The summed E-state index contributed by atoms with van der Waals surface area (Å²) in [5.74, 6) is 0.210. The second-order valence-corrected chi connectivity index (χ2v) is 12.3. The first-order valence-electron chi connectivity index (χ1n) is 14.4. The van der Waals surface area contributed by atoms with E-state index in [2.05, 4.69) is 4.90 Å². The third-order valence-electron chi connectivity index (χ3n) is 7.33. The van der Waals surface area contributed by atoms with Gasteiger partial charge in [0.2, 0.25) is 0 Å². The largest absolute Gasteiger partial charge is 0.494 e. The summed E-state index contributed by atoms with van der Waals surface area (Å²) < 4.78 is 17.8. The van der Waals surface area contributed by atoms with Crippen molar-refractivity contribution < 1.29 is 28.9 Å². The van der Waals surface area contributed by atoms with Crippen molar-refractivity contribution in [2.75, 3.05) is 52.6 Å². The Morgan fingerprint density at radius 2 is 1.84 bits per heavy atom. The van der Waals surface area contributed by atoms with Crippen molar-refractivity contribution in [3.05, 3.63) is 87.3 Å². The monoisotopic (exact) mass is 652 g/mol. The molecule has 11 heteroatoms. The molecule has 0 atom stereocenters. The van der Waals surface area contributed by atoms with Gasteiger partial charge in [0.25, 0.3) is 5.91 Å². The van der Waals surface area contributed by atoms with Gasteiger partial charge in [0, 0.05) is 37.3 Å². The number of carboxylic acids is 1. The number of morpholine rings is 1. The summed E-state index contributed by atoms with van der Waals surface area (Å²) in [4.78, 5) is 29.1. The molecular weight excluding hydrogens is 620 g/mol. The summed E-state index contributed by atoms with van der Waals surface area (Å²) in [5, 5.41) is 9.71. The summed E-state index contributed by atoms with van der Waals surface area (Å²) in [7, 11) is 0. The Bertz CT molecular complexity index is 1560.